The van der Waals surface area contributed by atoms with Gasteiger partial charge in [-0.15, -0.1) is 0 Å². The van der Waals surface area contributed by atoms with Crippen molar-refractivity contribution in [2.24, 2.45) is 0 Å². The summed E-state index contributed by atoms with van der Waals surface area (Å²) in [7, 11) is 1.59. The second-order valence-corrected chi connectivity index (χ2v) is 10.2. The van der Waals surface area contributed by atoms with Gasteiger partial charge in [0.05, 0.1) is 5.56 Å². The quantitative estimate of drug-likeness (QED) is 0.414. The average molecular weight is 445 g/mol. The van der Waals surface area contributed by atoms with Gasteiger partial charge >= 0.3 is 5.97 Å². The molecular formula is C29H32O4. The molecule has 3 aromatic rings. The lowest BCUT2D eigenvalue weighted by molar-refractivity contribution is 0.0515. The van der Waals surface area contributed by atoms with E-state index in [-0.39, 0.29) is 23.2 Å². The number of carboxylic acid groups (broad SMARTS) is 1. The van der Waals surface area contributed by atoms with Gasteiger partial charge in [-0.2, -0.15) is 0 Å². The summed E-state index contributed by atoms with van der Waals surface area (Å²) in [5.41, 5.74) is 7.49. The minimum Gasteiger partial charge on any atom is -0.478 e. The predicted molar refractivity (Wildman–Crippen MR) is 132 cm³/mol. The van der Waals surface area contributed by atoms with Crippen LogP contribution in [0.3, 0.4) is 0 Å². The van der Waals surface area contributed by atoms with E-state index in [0.29, 0.717) is 5.75 Å². The number of ether oxygens (including phenoxy) is 2. The largest absolute Gasteiger partial charge is 0.478 e. The highest BCUT2D eigenvalue weighted by molar-refractivity contribution is 5.89. The molecule has 0 bridgehead atoms. The van der Waals surface area contributed by atoms with Crippen LogP contribution in [0, 0.1) is 0 Å². The molecule has 33 heavy (non-hydrogen) atoms. The first kappa shape index (κ1) is 23.1. The van der Waals surface area contributed by atoms with Crippen LogP contribution in [-0.4, -0.2) is 25.0 Å². The van der Waals surface area contributed by atoms with Crippen LogP contribution in [0.2, 0.25) is 0 Å². The van der Waals surface area contributed by atoms with Gasteiger partial charge in [0.2, 0.25) is 0 Å². The molecule has 0 amide bonds. The maximum atomic E-state index is 11.3. The Morgan fingerprint density at radius 1 is 0.818 bits per heavy atom. The van der Waals surface area contributed by atoms with E-state index >= 15 is 0 Å². The van der Waals surface area contributed by atoms with Crippen molar-refractivity contribution in [3.8, 4) is 28.0 Å². The molecule has 0 fully saturated rings. The van der Waals surface area contributed by atoms with Crippen LogP contribution in [0.25, 0.3) is 22.3 Å². The molecule has 0 heterocycles. The van der Waals surface area contributed by atoms with E-state index in [1.807, 2.05) is 18.2 Å². The zero-order valence-electron chi connectivity index (χ0n) is 20.1. The Morgan fingerprint density at radius 3 is 2.03 bits per heavy atom. The number of fused-ring (bicyclic) bond motifs is 1. The maximum Gasteiger partial charge on any atom is 0.335 e. The van der Waals surface area contributed by atoms with Crippen LogP contribution in [0.5, 0.6) is 5.75 Å². The van der Waals surface area contributed by atoms with Crippen molar-refractivity contribution in [2.75, 3.05) is 13.9 Å². The van der Waals surface area contributed by atoms with Crippen LogP contribution < -0.4 is 4.74 Å². The minimum atomic E-state index is -0.939. The van der Waals surface area contributed by atoms with E-state index < -0.39 is 5.97 Å². The van der Waals surface area contributed by atoms with Crippen LogP contribution >= 0.6 is 0 Å². The first-order valence-electron chi connectivity index (χ1n) is 11.4. The molecule has 0 unspecified atom stereocenters. The van der Waals surface area contributed by atoms with Gasteiger partial charge in [0, 0.05) is 12.7 Å². The van der Waals surface area contributed by atoms with Gasteiger partial charge < -0.3 is 14.6 Å². The summed E-state index contributed by atoms with van der Waals surface area (Å²) in [5.74, 6) is -0.242. The topological polar surface area (TPSA) is 55.8 Å². The first-order valence-corrected chi connectivity index (χ1v) is 11.4. The summed E-state index contributed by atoms with van der Waals surface area (Å²) in [4.78, 5) is 11.3. The van der Waals surface area contributed by atoms with Gasteiger partial charge in [0.25, 0.3) is 0 Å². The molecule has 0 spiro atoms. The second kappa shape index (κ2) is 8.68. The molecular weight excluding hydrogens is 412 g/mol. The van der Waals surface area contributed by atoms with E-state index in [1.165, 1.54) is 29.5 Å². The predicted octanol–water partition coefficient (Wildman–Crippen LogP) is 7.05. The molecule has 0 saturated heterocycles. The third-order valence-electron chi connectivity index (χ3n) is 6.94. The van der Waals surface area contributed by atoms with Gasteiger partial charge in [0.15, 0.2) is 6.79 Å². The zero-order valence-corrected chi connectivity index (χ0v) is 20.1. The van der Waals surface area contributed by atoms with E-state index in [4.69, 9.17) is 9.47 Å². The lowest BCUT2D eigenvalue weighted by Crippen LogP contribution is -2.33. The number of hydrogen-bond donors (Lipinski definition) is 1. The Balaban J connectivity index is 1.81. The van der Waals surface area contributed by atoms with Crippen molar-refractivity contribution in [1.82, 2.24) is 0 Å². The smallest absolute Gasteiger partial charge is 0.335 e. The van der Waals surface area contributed by atoms with Gasteiger partial charge in [-0.25, -0.2) is 4.79 Å². The molecule has 0 atom stereocenters. The molecule has 172 valence electrons. The normalized spacial score (nSPS) is 16.2. The standard InChI is InChI=1S/C29H32O4/c1-28(2)14-15-29(3,4)25-17-22(10-12-24(25)28)21-11-13-26(33-18-32-5)23(16-21)19-6-8-20(9-7-19)27(30)31/h6-13,16-17H,14-15,18H2,1-5H3,(H,30,31). The van der Waals surface area contributed by atoms with Crippen molar-refractivity contribution < 1.29 is 19.4 Å². The van der Waals surface area contributed by atoms with Crippen molar-refractivity contribution >= 4 is 5.97 Å². The number of methoxy groups -OCH3 is 1. The molecule has 4 heteroatoms. The maximum absolute atomic E-state index is 11.3. The van der Waals surface area contributed by atoms with Gasteiger partial charge in [-0.1, -0.05) is 64.1 Å². The number of hydrogen-bond acceptors (Lipinski definition) is 3. The van der Waals surface area contributed by atoms with Crippen molar-refractivity contribution in [2.45, 2.75) is 51.4 Å². The Hall–Kier alpha value is -3.11. The lowest BCUT2D eigenvalue weighted by atomic mass is 9.63. The fourth-order valence-corrected chi connectivity index (χ4v) is 4.74. The number of carbonyl (C=O) groups is 1. The Labute approximate surface area is 196 Å². The summed E-state index contributed by atoms with van der Waals surface area (Å²) < 4.78 is 10.9. The average Bonchev–Trinajstić information content (AvgIpc) is 2.80. The fourth-order valence-electron chi connectivity index (χ4n) is 4.74. The van der Waals surface area contributed by atoms with Gasteiger partial charge in [-0.05, 0) is 75.8 Å². The summed E-state index contributed by atoms with van der Waals surface area (Å²) in [6.45, 7) is 9.48. The third kappa shape index (κ3) is 4.53. The van der Waals surface area contributed by atoms with Crippen LogP contribution in [0.15, 0.2) is 60.7 Å². The molecule has 4 nitrogen and oxygen atoms in total. The lowest BCUT2D eigenvalue weighted by Gasteiger charge is -2.42. The monoisotopic (exact) mass is 444 g/mol. The highest BCUT2D eigenvalue weighted by Crippen LogP contribution is 2.47. The number of benzene rings is 3. The number of carboxylic acids is 1. The molecule has 1 aliphatic carbocycles. The summed E-state index contributed by atoms with van der Waals surface area (Å²) in [5, 5.41) is 9.24. The minimum absolute atomic E-state index is 0.137. The van der Waals surface area contributed by atoms with Gasteiger partial charge in [0.1, 0.15) is 5.75 Å². The van der Waals surface area contributed by atoms with Crippen molar-refractivity contribution in [3.05, 3.63) is 77.4 Å². The SMILES string of the molecule is COCOc1ccc(-c2ccc3c(c2)C(C)(C)CCC3(C)C)cc1-c1ccc(C(=O)O)cc1. The second-order valence-electron chi connectivity index (χ2n) is 10.2. The molecule has 0 radical (unpaired) electrons. The van der Waals surface area contributed by atoms with E-state index in [2.05, 4.69) is 58.0 Å². The number of aromatic carboxylic acids is 1. The molecule has 1 N–H and O–H groups in total. The van der Waals surface area contributed by atoms with Crippen LogP contribution in [-0.2, 0) is 15.6 Å². The van der Waals surface area contributed by atoms with Crippen molar-refractivity contribution in [3.63, 3.8) is 0 Å². The summed E-state index contributed by atoms with van der Waals surface area (Å²) in [6, 6.07) is 19.9. The molecule has 1 aliphatic rings. The van der Waals surface area contributed by atoms with Crippen LogP contribution in [0.4, 0.5) is 0 Å². The van der Waals surface area contributed by atoms with Gasteiger partial charge in [-0.3, -0.25) is 0 Å². The fraction of sp³-hybridized carbons (Fsp3) is 0.345. The molecule has 0 aliphatic heterocycles. The molecule has 3 aromatic carbocycles. The summed E-state index contributed by atoms with van der Waals surface area (Å²) in [6.07, 6.45) is 2.36. The Kier molecular flexibility index (Phi) is 6.06. The van der Waals surface area contributed by atoms with E-state index in [0.717, 1.165) is 16.7 Å². The first-order chi connectivity index (χ1) is 15.6. The number of rotatable bonds is 6. The zero-order chi connectivity index (χ0) is 23.8. The van der Waals surface area contributed by atoms with E-state index in [9.17, 15) is 9.90 Å². The highest BCUT2D eigenvalue weighted by atomic mass is 16.7. The van der Waals surface area contributed by atoms with Crippen LogP contribution in [0.1, 0.15) is 62.0 Å². The molecule has 0 aromatic heterocycles. The summed E-state index contributed by atoms with van der Waals surface area (Å²) >= 11 is 0. The van der Waals surface area contributed by atoms with E-state index in [1.54, 1.807) is 19.2 Å². The highest BCUT2D eigenvalue weighted by Gasteiger charge is 2.37. The van der Waals surface area contributed by atoms with Crippen molar-refractivity contribution in [1.29, 1.82) is 0 Å². The molecule has 0 saturated carbocycles. The third-order valence-corrected chi connectivity index (χ3v) is 6.94. The Bertz CT molecular complexity index is 1170. The molecule has 4 rings (SSSR count). The Morgan fingerprint density at radius 2 is 1.39 bits per heavy atom.